The van der Waals surface area contributed by atoms with Crippen LogP contribution < -0.4 is 0 Å². The normalized spacial score (nSPS) is 35.6. The third-order valence-corrected chi connectivity index (χ3v) is 5.49. The van der Waals surface area contributed by atoms with Gasteiger partial charge in [0.1, 0.15) is 5.78 Å². The first-order valence-electron chi connectivity index (χ1n) is 8.08. The number of rotatable bonds is 3. The lowest BCUT2D eigenvalue weighted by Crippen LogP contribution is -2.41. The number of Topliss-reactive ketones (excluding diaryl/α,β-unsaturated/α-hetero) is 1. The predicted octanol–water partition coefficient (Wildman–Crippen LogP) is 4.66. The molecule has 3 aliphatic carbocycles. The number of hydrogen-bond donors (Lipinski definition) is 0. The maximum Gasteiger partial charge on any atom is 0.143 e. The van der Waals surface area contributed by atoms with Gasteiger partial charge in [-0.3, -0.25) is 4.79 Å². The molecule has 0 spiro atoms. The summed E-state index contributed by atoms with van der Waals surface area (Å²) in [6.07, 6.45) is 12.7. The fourth-order valence-corrected chi connectivity index (χ4v) is 4.65. The Bertz CT molecular complexity index is 366. The molecular formula is C17H26O. The van der Waals surface area contributed by atoms with Gasteiger partial charge in [-0.25, -0.2) is 0 Å². The molecule has 0 aromatic heterocycles. The zero-order chi connectivity index (χ0) is 12.5. The van der Waals surface area contributed by atoms with E-state index in [-0.39, 0.29) is 0 Å². The highest BCUT2D eigenvalue weighted by atomic mass is 16.1. The summed E-state index contributed by atoms with van der Waals surface area (Å²) in [5.41, 5.74) is 3.37. The van der Waals surface area contributed by atoms with Crippen molar-refractivity contribution in [1.82, 2.24) is 0 Å². The molecule has 1 fully saturated rings. The largest absolute Gasteiger partial charge is 0.299 e. The lowest BCUT2D eigenvalue weighted by Gasteiger charge is -2.44. The highest BCUT2D eigenvalue weighted by Crippen LogP contribution is 2.50. The molecule has 3 rings (SSSR count). The summed E-state index contributed by atoms with van der Waals surface area (Å²) >= 11 is 0. The van der Waals surface area contributed by atoms with Gasteiger partial charge in [0.15, 0.2) is 0 Å². The molecule has 1 unspecified atom stereocenters. The highest BCUT2D eigenvalue weighted by molar-refractivity contribution is 5.89. The van der Waals surface area contributed by atoms with Gasteiger partial charge in [-0.2, -0.15) is 0 Å². The molecule has 1 heteroatoms. The highest BCUT2D eigenvalue weighted by Gasteiger charge is 2.44. The van der Waals surface area contributed by atoms with Crippen LogP contribution in [0.15, 0.2) is 11.1 Å². The average molecular weight is 246 g/mol. The number of ketones is 1. The van der Waals surface area contributed by atoms with Crippen LogP contribution in [0.4, 0.5) is 0 Å². The zero-order valence-electron chi connectivity index (χ0n) is 11.7. The van der Waals surface area contributed by atoms with Crippen LogP contribution in [-0.4, -0.2) is 5.78 Å². The van der Waals surface area contributed by atoms with Gasteiger partial charge in [-0.15, -0.1) is 0 Å². The number of carbonyl (C=O) groups is 1. The van der Waals surface area contributed by atoms with E-state index in [1.807, 2.05) is 0 Å². The molecule has 0 aliphatic heterocycles. The molecule has 3 aliphatic rings. The van der Waals surface area contributed by atoms with Crippen LogP contribution in [0.3, 0.4) is 0 Å². The molecular weight excluding hydrogens is 220 g/mol. The molecule has 0 amide bonds. The smallest absolute Gasteiger partial charge is 0.143 e. The Morgan fingerprint density at radius 1 is 1.06 bits per heavy atom. The van der Waals surface area contributed by atoms with Crippen molar-refractivity contribution in [1.29, 1.82) is 0 Å². The third-order valence-electron chi connectivity index (χ3n) is 5.49. The molecule has 1 nitrogen and oxygen atoms in total. The van der Waals surface area contributed by atoms with Gasteiger partial charge in [0, 0.05) is 11.8 Å². The fourth-order valence-electron chi connectivity index (χ4n) is 4.65. The molecule has 0 heterocycles. The number of fused-ring (bicyclic) bond motifs is 3. The van der Waals surface area contributed by atoms with Gasteiger partial charge in [0.2, 0.25) is 0 Å². The van der Waals surface area contributed by atoms with E-state index >= 15 is 0 Å². The first kappa shape index (κ1) is 12.4. The van der Waals surface area contributed by atoms with Gasteiger partial charge in [0.05, 0.1) is 0 Å². The molecule has 100 valence electrons. The summed E-state index contributed by atoms with van der Waals surface area (Å²) in [6.45, 7) is 2.27. The van der Waals surface area contributed by atoms with Crippen LogP contribution in [0.2, 0.25) is 0 Å². The Kier molecular flexibility index (Phi) is 3.59. The van der Waals surface area contributed by atoms with Crippen LogP contribution in [0.1, 0.15) is 71.1 Å². The van der Waals surface area contributed by atoms with Crippen molar-refractivity contribution in [3.8, 4) is 0 Å². The molecule has 18 heavy (non-hydrogen) atoms. The summed E-state index contributed by atoms with van der Waals surface area (Å²) in [6, 6.07) is 0. The van der Waals surface area contributed by atoms with Crippen LogP contribution in [0.25, 0.3) is 0 Å². The number of unbranched alkanes of at least 4 members (excludes halogenated alkanes) is 1. The SMILES string of the molecule is CCCCC1C2=C(CCCC2)[C@H]2CCC[C@@H]1C2=O. The Balaban J connectivity index is 1.94. The van der Waals surface area contributed by atoms with E-state index in [9.17, 15) is 4.79 Å². The molecule has 0 saturated heterocycles. The number of hydrogen-bond acceptors (Lipinski definition) is 1. The summed E-state index contributed by atoms with van der Waals surface area (Å²) in [4.78, 5) is 12.6. The summed E-state index contributed by atoms with van der Waals surface area (Å²) in [7, 11) is 0. The molecule has 2 bridgehead atoms. The van der Waals surface area contributed by atoms with Gasteiger partial charge in [-0.05, 0) is 50.9 Å². The van der Waals surface area contributed by atoms with Gasteiger partial charge < -0.3 is 0 Å². The second kappa shape index (κ2) is 5.19. The van der Waals surface area contributed by atoms with E-state index in [1.165, 1.54) is 57.8 Å². The van der Waals surface area contributed by atoms with Crippen LogP contribution in [0, 0.1) is 17.8 Å². The number of allylic oxidation sites excluding steroid dienone is 2. The monoisotopic (exact) mass is 246 g/mol. The Morgan fingerprint density at radius 3 is 2.61 bits per heavy atom. The Hall–Kier alpha value is -0.590. The van der Waals surface area contributed by atoms with Gasteiger partial charge >= 0.3 is 0 Å². The van der Waals surface area contributed by atoms with Crippen molar-refractivity contribution in [3.05, 3.63) is 11.1 Å². The van der Waals surface area contributed by atoms with Gasteiger partial charge in [-0.1, -0.05) is 37.3 Å². The van der Waals surface area contributed by atoms with Crippen LogP contribution >= 0.6 is 0 Å². The summed E-state index contributed by atoms with van der Waals surface area (Å²) in [5.74, 6) is 2.04. The van der Waals surface area contributed by atoms with Crippen molar-refractivity contribution in [2.75, 3.05) is 0 Å². The van der Waals surface area contributed by atoms with Crippen LogP contribution in [-0.2, 0) is 4.79 Å². The van der Waals surface area contributed by atoms with E-state index in [2.05, 4.69) is 6.92 Å². The summed E-state index contributed by atoms with van der Waals surface area (Å²) in [5, 5.41) is 0. The lowest BCUT2D eigenvalue weighted by molar-refractivity contribution is -0.130. The van der Waals surface area contributed by atoms with E-state index in [0.717, 1.165) is 6.42 Å². The zero-order valence-corrected chi connectivity index (χ0v) is 11.7. The minimum absolute atomic E-state index is 0.358. The van der Waals surface area contributed by atoms with E-state index in [4.69, 9.17) is 0 Å². The fraction of sp³-hybridized carbons (Fsp3) is 0.824. The predicted molar refractivity (Wildman–Crippen MR) is 74.3 cm³/mol. The Morgan fingerprint density at radius 2 is 1.83 bits per heavy atom. The van der Waals surface area contributed by atoms with Crippen molar-refractivity contribution < 1.29 is 4.79 Å². The maximum absolute atomic E-state index is 12.6. The molecule has 0 N–H and O–H groups in total. The van der Waals surface area contributed by atoms with Crippen molar-refractivity contribution >= 4 is 5.78 Å². The third kappa shape index (κ3) is 1.96. The molecule has 0 aromatic carbocycles. The second-order valence-electron chi connectivity index (χ2n) is 6.50. The quantitative estimate of drug-likeness (QED) is 0.662. The van der Waals surface area contributed by atoms with Crippen molar-refractivity contribution in [2.45, 2.75) is 71.1 Å². The van der Waals surface area contributed by atoms with E-state index < -0.39 is 0 Å². The van der Waals surface area contributed by atoms with E-state index in [0.29, 0.717) is 23.5 Å². The first-order valence-corrected chi connectivity index (χ1v) is 8.08. The van der Waals surface area contributed by atoms with Crippen LogP contribution in [0.5, 0.6) is 0 Å². The topological polar surface area (TPSA) is 17.1 Å². The molecule has 0 aromatic rings. The van der Waals surface area contributed by atoms with Crippen molar-refractivity contribution in [3.63, 3.8) is 0 Å². The maximum atomic E-state index is 12.6. The molecule has 1 saturated carbocycles. The summed E-state index contributed by atoms with van der Waals surface area (Å²) < 4.78 is 0. The molecule has 0 radical (unpaired) electrons. The lowest BCUT2D eigenvalue weighted by atomic mass is 9.59. The minimum atomic E-state index is 0.358. The average Bonchev–Trinajstić information content (AvgIpc) is 2.39. The minimum Gasteiger partial charge on any atom is -0.299 e. The number of carbonyl (C=O) groups excluding carboxylic acids is 1. The first-order chi connectivity index (χ1) is 8.83. The molecule has 3 atom stereocenters. The second-order valence-corrected chi connectivity index (χ2v) is 6.50. The van der Waals surface area contributed by atoms with Crippen molar-refractivity contribution in [2.24, 2.45) is 17.8 Å². The van der Waals surface area contributed by atoms with Gasteiger partial charge in [0.25, 0.3) is 0 Å². The van der Waals surface area contributed by atoms with E-state index in [1.54, 1.807) is 11.1 Å². The Labute approximate surface area is 111 Å². The standard InChI is InChI=1S/C17H26O/c1-2-3-7-13-12-8-4-5-9-14(12)16-11-6-10-15(13)17(16)18/h13,15-16H,2-11H2,1H3/t13?,15-,16+/m0/s1.